The van der Waals surface area contributed by atoms with Gasteiger partial charge in [-0.2, -0.15) is 0 Å². The summed E-state index contributed by atoms with van der Waals surface area (Å²) in [6.45, 7) is 4.52. The smallest absolute Gasteiger partial charge is 0.137 e. The number of rotatable bonds is 4. The molecule has 0 aliphatic carbocycles. The number of hydrogen-bond donors (Lipinski definition) is 1. The Morgan fingerprint density at radius 3 is 3.27 bits per heavy atom. The number of nitrogens with zero attached hydrogens (tertiary/aromatic N) is 2. The van der Waals surface area contributed by atoms with E-state index in [1.807, 2.05) is 10.8 Å². The first-order chi connectivity index (χ1) is 7.31. The van der Waals surface area contributed by atoms with Gasteiger partial charge >= 0.3 is 0 Å². The lowest BCUT2D eigenvalue weighted by atomic mass is 10.0. The summed E-state index contributed by atoms with van der Waals surface area (Å²) in [5.74, 6) is 1.27. The number of ether oxygens (including phenoxy) is 1. The van der Waals surface area contributed by atoms with Crippen molar-refractivity contribution in [2.24, 2.45) is 5.92 Å². The van der Waals surface area contributed by atoms with Crippen molar-refractivity contribution in [1.82, 2.24) is 9.55 Å². The van der Waals surface area contributed by atoms with E-state index in [4.69, 9.17) is 4.74 Å². The Bertz CT molecular complexity index is 305. The minimum atomic E-state index is -0.452. The van der Waals surface area contributed by atoms with E-state index in [-0.39, 0.29) is 0 Å². The zero-order valence-corrected chi connectivity index (χ0v) is 9.09. The number of aromatic nitrogens is 2. The van der Waals surface area contributed by atoms with E-state index in [9.17, 15) is 5.11 Å². The standard InChI is InChI=1S/C11H18N2O2/c1-2-13-5-4-12-11(13)10(14)7-9-3-6-15-8-9/h4-5,9-10,14H,2-3,6-8H2,1H3. The lowest BCUT2D eigenvalue weighted by Gasteiger charge is -2.15. The third kappa shape index (κ3) is 2.38. The normalized spacial score (nSPS) is 23.2. The fourth-order valence-electron chi connectivity index (χ4n) is 2.08. The summed E-state index contributed by atoms with van der Waals surface area (Å²) in [5, 5.41) is 10.0. The highest BCUT2D eigenvalue weighted by Gasteiger charge is 2.22. The molecule has 1 fully saturated rings. The van der Waals surface area contributed by atoms with Crippen LogP contribution in [0.25, 0.3) is 0 Å². The molecule has 2 heterocycles. The maximum Gasteiger partial charge on any atom is 0.137 e. The first-order valence-electron chi connectivity index (χ1n) is 5.58. The molecule has 0 saturated carbocycles. The molecule has 0 aromatic carbocycles. The van der Waals surface area contributed by atoms with Crippen molar-refractivity contribution in [3.05, 3.63) is 18.2 Å². The van der Waals surface area contributed by atoms with Crippen LogP contribution in [0.3, 0.4) is 0 Å². The molecule has 15 heavy (non-hydrogen) atoms. The van der Waals surface area contributed by atoms with E-state index in [1.54, 1.807) is 6.20 Å². The minimum Gasteiger partial charge on any atom is -0.385 e. The fraction of sp³-hybridized carbons (Fsp3) is 0.727. The molecule has 1 saturated heterocycles. The summed E-state index contributed by atoms with van der Waals surface area (Å²) in [5.41, 5.74) is 0. The summed E-state index contributed by atoms with van der Waals surface area (Å²) in [6, 6.07) is 0. The van der Waals surface area contributed by atoms with Crippen molar-refractivity contribution in [2.75, 3.05) is 13.2 Å². The molecule has 1 aromatic rings. The van der Waals surface area contributed by atoms with Crippen molar-refractivity contribution in [2.45, 2.75) is 32.4 Å². The Morgan fingerprint density at radius 2 is 2.60 bits per heavy atom. The second kappa shape index (κ2) is 4.77. The van der Waals surface area contributed by atoms with Crippen LogP contribution < -0.4 is 0 Å². The molecule has 0 radical (unpaired) electrons. The van der Waals surface area contributed by atoms with Crippen LogP contribution in [-0.2, 0) is 11.3 Å². The van der Waals surface area contributed by atoms with Gasteiger partial charge in [-0.05, 0) is 25.7 Å². The molecule has 1 aliphatic heterocycles. The van der Waals surface area contributed by atoms with Gasteiger partial charge in [-0.3, -0.25) is 0 Å². The third-order valence-corrected chi connectivity index (χ3v) is 2.97. The molecule has 0 amide bonds. The second-order valence-corrected chi connectivity index (χ2v) is 4.05. The summed E-state index contributed by atoms with van der Waals surface area (Å²) >= 11 is 0. The molecular formula is C11H18N2O2. The molecule has 0 bridgehead atoms. The van der Waals surface area contributed by atoms with Gasteiger partial charge in [0.1, 0.15) is 11.9 Å². The van der Waals surface area contributed by atoms with Crippen LogP contribution in [0, 0.1) is 5.92 Å². The zero-order chi connectivity index (χ0) is 10.7. The number of imidazole rings is 1. The van der Waals surface area contributed by atoms with Gasteiger partial charge in [0, 0.05) is 32.2 Å². The SMILES string of the molecule is CCn1ccnc1C(O)CC1CCOC1. The number of aliphatic hydroxyl groups excluding tert-OH is 1. The van der Waals surface area contributed by atoms with Crippen molar-refractivity contribution < 1.29 is 9.84 Å². The Morgan fingerprint density at radius 1 is 1.73 bits per heavy atom. The molecule has 4 heteroatoms. The topological polar surface area (TPSA) is 47.3 Å². The Kier molecular flexibility index (Phi) is 3.38. The molecule has 2 rings (SSSR count). The Labute approximate surface area is 89.9 Å². The quantitative estimate of drug-likeness (QED) is 0.816. The van der Waals surface area contributed by atoms with Crippen molar-refractivity contribution in [3.8, 4) is 0 Å². The summed E-state index contributed by atoms with van der Waals surface area (Å²) in [7, 11) is 0. The molecule has 0 spiro atoms. The fourth-order valence-corrected chi connectivity index (χ4v) is 2.08. The first-order valence-corrected chi connectivity index (χ1v) is 5.58. The van der Waals surface area contributed by atoms with E-state index in [2.05, 4.69) is 11.9 Å². The van der Waals surface area contributed by atoms with E-state index < -0.39 is 6.10 Å². The molecule has 1 N–H and O–H groups in total. The van der Waals surface area contributed by atoms with Crippen LogP contribution in [0.2, 0.25) is 0 Å². The average Bonchev–Trinajstić information content (AvgIpc) is 2.86. The van der Waals surface area contributed by atoms with Gasteiger partial charge in [0.15, 0.2) is 0 Å². The van der Waals surface area contributed by atoms with Crippen LogP contribution in [0.4, 0.5) is 0 Å². The zero-order valence-electron chi connectivity index (χ0n) is 9.09. The predicted octanol–water partition coefficient (Wildman–Crippen LogP) is 1.36. The summed E-state index contributed by atoms with van der Waals surface area (Å²) in [4.78, 5) is 4.20. The summed E-state index contributed by atoms with van der Waals surface area (Å²) < 4.78 is 7.28. The maximum absolute atomic E-state index is 10.0. The second-order valence-electron chi connectivity index (χ2n) is 4.05. The van der Waals surface area contributed by atoms with Gasteiger partial charge in [0.25, 0.3) is 0 Å². The molecule has 1 aliphatic rings. The van der Waals surface area contributed by atoms with Gasteiger partial charge in [-0.25, -0.2) is 4.98 Å². The Hall–Kier alpha value is -0.870. The van der Waals surface area contributed by atoms with Crippen molar-refractivity contribution >= 4 is 0 Å². The number of hydrogen-bond acceptors (Lipinski definition) is 3. The van der Waals surface area contributed by atoms with Crippen molar-refractivity contribution in [1.29, 1.82) is 0 Å². The maximum atomic E-state index is 10.0. The lowest BCUT2D eigenvalue weighted by molar-refractivity contribution is 0.120. The molecule has 2 unspecified atom stereocenters. The number of aryl methyl sites for hydroxylation is 1. The van der Waals surface area contributed by atoms with Crippen LogP contribution in [0.5, 0.6) is 0 Å². The van der Waals surface area contributed by atoms with E-state index >= 15 is 0 Å². The van der Waals surface area contributed by atoms with Crippen LogP contribution in [-0.4, -0.2) is 27.9 Å². The highest BCUT2D eigenvalue weighted by molar-refractivity contribution is 4.97. The number of aliphatic hydroxyl groups is 1. The largest absolute Gasteiger partial charge is 0.385 e. The van der Waals surface area contributed by atoms with Crippen molar-refractivity contribution in [3.63, 3.8) is 0 Å². The average molecular weight is 210 g/mol. The highest BCUT2D eigenvalue weighted by atomic mass is 16.5. The molecule has 1 aromatic heterocycles. The van der Waals surface area contributed by atoms with E-state index in [0.29, 0.717) is 5.92 Å². The monoisotopic (exact) mass is 210 g/mol. The molecule has 4 nitrogen and oxygen atoms in total. The van der Waals surface area contributed by atoms with Crippen LogP contribution in [0.1, 0.15) is 31.7 Å². The van der Waals surface area contributed by atoms with Gasteiger partial charge in [0.05, 0.1) is 0 Å². The predicted molar refractivity (Wildman–Crippen MR) is 56.4 cm³/mol. The highest BCUT2D eigenvalue weighted by Crippen LogP contribution is 2.25. The molecule has 2 atom stereocenters. The van der Waals surface area contributed by atoms with E-state index in [0.717, 1.165) is 38.4 Å². The van der Waals surface area contributed by atoms with Gasteiger partial charge in [-0.1, -0.05) is 0 Å². The van der Waals surface area contributed by atoms with Crippen LogP contribution >= 0.6 is 0 Å². The summed E-state index contributed by atoms with van der Waals surface area (Å²) in [6.07, 6.45) is 5.02. The molecular weight excluding hydrogens is 192 g/mol. The van der Waals surface area contributed by atoms with Crippen LogP contribution in [0.15, 0.2) is 12.4 Å². The Balaban J connectivity index is 1.97. The van der Waals surface area contributed by atoms with Gasteiger partial charge in [0.2, 0.25) is 0 Å². The lowest BCUT2D eigenvalue weighted by Crippen LogP contribution is -2.12. The van der Waals surface area contributed by atoms with Gasteiger partial charge < -0.3 is 14.4 Å². The first kappa shape index (κ1) is 10.6. The minimum absolute atomic E-state index is 0.452. The third-order valence-electron chi connectivity index (χ3n) is 2.97. The molecule has 84 valence electrons. The van der Waals surface area contributed by atoms with E-state index in [1.165, 1.54) is 0 Å². The van der Waals surface area contributed by atoms with Gasteiger partial charge in [-0.15, -0.1) is 0 Å².